The van der Waals surface area contributed by atoms with Crippen molar-refractivity contribution in [2.24, 2.45) is 29.1 Å². The molecule has 5 atom stereocenters. The van der Waals surface area contributed by atoms with Crippen LogP contribution in [0, 0.1) is 29.1 Å². The van der Waals surface area contributed by atoms with Crippen LogP contribution in [0.25, 0.3) is 0 Å². The Labute approximate surface area is 181 Å². The lowest BCUT2D eigenvalue weighted by Gasteiger charge is -2.50. The summed E-state index contributed by atoms with van der Waals surface area (Å²) in [4.78, 5) is 15.4. The van der Waals surface area contributed by atoms with E-state index in [0.717, 1.165) is 38.4 Å². The van der Waals surface area contributed by atoms with Crippen LogP contribution in [0.3, 0.4) is 0 Å². The van der Waals surface area contributed by atoms with Crippen LogP contribution in [-0.2, 0) is 16.0 Å². The van der Waals surface area contributed by atoms with Gasteiger partial charge in [-0.1, -0.05) is 49.4 Å². The minimum absolute atomic E-state index is 0.0694. The lowest BCUT2D eigenvalue weighted by molar-refractivity contribution is -0.146. The zero-order valence-corrected chi connectivity index (χ0v) is 18.5. The number of nitrogens with zero attached hydrogens (tertiary/aromatic N) is 1. The van der Waals surface area contributed by atoms with E-state index in [4.69, 9.17) is 4.74 Å². The van der Waals surface area contributed by atoms with Gasteiger partial charge >= 0.3 is 5.97 Å². The highest BCUT2D eigenvalue weighted by Crippen LogP contribution is 2.57. The van der Waals surface area contributed by atoms with Crippen LogP contribution >= 0.6 is 0 Å². The van der Waals surface area contributed by atoms with Gasteiger partial charge in [-0.3, -0.25) is 4.79 Å². The summed E-state index contributed by atoms with van der Waals surface area (Å²) in [6.45, 7) is 9.97. The maximum Gasteiger partial charge on any atom is 0.310 e. The first-order valence-electron chi connectivity index (χ1n) is 12.2. The number of carbonyl (C=O) groups excluding carboxylic acids is 1. The van der Waals surface area contributed by atoms with Gasteiger partial charge in [0.2, 0.25) is 0 Å². The van der Waals surface area contributed by atoms with E-state index in [1.54, 1.807) is 0 Å². The van der Waals surface area contributed by atoms with Gasteiger partial charge < -0.3 is 9.64 Å². The third-order valence-corrected chi connectivity index (χ3v) is 8.85. The number of esters is 1. The smallest absolute Gasteiger partial charge is 0.310 e. The van der Waals surface area contributed by atoms with Crippen LogP contribution in [0.1, 0.15) is 57.4 Å². The zero-order chi connectivity index (χ0) is 20.7. The van der Waals surface area contributed by atoms with Crippen molar-refractivity contribution in [1.29, 1.82) is 0 Å². The van der Waals surface area contributed by atoms with Crippen molar-refractivity contribution in [2.75, 3.05) is 19.6 Å². The summed E-state index contributed by atoms with van der Waals surface area (Å²) in [5, 5.41) is 0. The zero-order valence-electron chi connectivity index (χ0n) is 18.5. The number of benzene rings is 1. The van der Waals surface area contributed by atoms with Crippen molar-refractivity contribution in [2.45, 2.75) is 64.4 Å². The van der Waals surface area contributed by atoms with Crippen molar-refractivity contribution in [3.05, 3.63) is 48.0 Å². The summed E-state index contributed by atoms with van der Waals surface area (Å²) in [6.07, 6.45) is 9.65. The van der Waals surface area contributed by atoms with Gasteiger partial charge in [0.15, 0.2) is 0 Å². The van der Waals surface area contributed by atoms with Crippen LogP contribution in [0.4, 0.5) is 0 Å². The van der Waals surface area contributed by atoms with Crippen LogP contribution in [0.2, 0.25) is 0 Å². The second-order valence-corrected chi connectivity index (χ2v) is 10.8. The van der Waals surface area contributed by atoms with Crippen LogP contribution < -0.4 is 0 Å². The number of fused-ring (bicyclic) bond motifs is 2. The fourth-order valence-electron chi connectivity index (χ4n) is 7.06. The molecule has 2 saturated heterocycles. The number of piperidine rings is 1. The molecule has 0 unspecified atom stereocenters. The summed E-state index contributed by atoms with van der Waals surface area (Å²) < 4.78 is 5.97. The van der Waals surface area contributed by atoms with Crippen molar-refractivity contribution >= 4 is 5.97 Å². The number of hydrogen-bond donors (Lipinski definition) is 0. The SMILES string of the molecule is C=C1CCC[C@]2(C)C[C@H]3OC(=O)[C@H](CN4CCC(Cc5ccccc5)CC4)[C@H]3C[C@@H]12. The maximum absolute atomic E-state index is 12.8. The van der Waals surface area contributed by atoms with E-state index in [2.05, 4.69) is 48.7 Å². The molecule has 1 aromatic rings. The molecule has 3 nitrogen and oxygen atoms in total. The van der Waals surface area contributed by atoms with Gasteiger partial charge in [0.05, 0.1) is 5.92 Å². The predicted octanol–water partition coefficient (Wildman–Crippen LogP) is 5.26. The first-order chi connectivity index (χ1) is 14.5. The Balaban J connectivity index is 1.19. The minimum Gasteiger partial charge on any atom is -0.462 e. The Hall–Kier alpha value is -1.61. The summed E-state index contributed by atoms with van der Waals surface area (Å²) in [6, 6.07) is 10.9. The summed E-state index contributed by atoms with van der Waals surface area (Å²) in [5.74, 6) is 1.89. The molecule has 3 heteroatoms. The molecule has 0 spiro atoms. The van der Waals surface area contributed by atoms with Gasteiger partial charge in [0, 0.05) is 12.5 Å². The average Bonchev–Trinajstić information content (AvgIpc) is 3.02. The molecule has 162 valence electrons. The predicted molar refractivity (Wildman–Crippen MR) is 120 cm³/mol. The van der Waals surface area contributed by atoms with Crippen molar-refractivity contribution < 1.29 is 9.53 Å². The molecular formula is C27H37NO2. The molecular weight excluding hydrogens is 370 g/mol. The molecule has 0 bridgehead atoms. The first kappa shape index (κ1) is 20.3. The highest BCUT2D eigenvalue weighted by molar-refractivity contribution is 5.75. The molecule has 5 rings (SSSR count). The van der Waals surface area contributed by atoms with E-state index in [9.17, 15) is 4.79 Å². The fourth-order valence-corrected chi connectivity index (χ4v) is 7.06. The van der Waals surface area contributed by atoms with E-state index in [1.165, 1.54) is 49.7 Å². The summed E-state index contributed by atoms with van der Waals surface area (Å²) in [5.41, 5.74) is 3.18. The van der Waals surface area contributed by atoms with Crippen molar-refractivity contribution in [3.63, 3.8) is 0 Å². The van der Waals surface area contributed by atoms with Gasteiger partial charge in [-0.05, 0) is 87.3 Å². The van der Waals surface area contributed by atoms with E-state index in [1.807, 2.05) is 0 Å². The second-order valence-electron chi connectivity index (χ2n) is 10.8. The standard InChI is InChI=1S/C27H37NO2/c1-19-7-6-12-27(2)17-25-22(16-24(19)27)23(26(29)30-25)18-28-13-10-21(11-14-28)15-20-8-4-3-5-9-20/h3-5,8-9,21-25H,1,6-7,10-18H2,2H3/t22-,23-,24+,25-,27-/m1/s1. The normalized spacial score (nSPS) is 37.5. The first-order valence-corrected chi connectivity index (χ1v) is 12.2. The van der Waals surface area contributed by atoms with Gasteiger partial charge in [0.1, 0.15) is 6.10 Å². The number of ether oxygens (including phenoxy) is 1. The van der Waals surface area contributed by atoms with Crippen molar-refractivity contribution in [3.8, 4) is 0 Å². The van der Waals surface area contributed by atoms with Crippen LogP contribution in [0.15, 0.2) is 42.5 Å². The molecule has 0 amide bonds. The van der Waals surface area contributed by atoms with Gasteiger partial charge in [-0.25, -0.2) is 0 Å². The molecule has 2 aliphatic carbocycles. The highest BCUT2D eigenvalue weighted by atomic mass is 16.6. The number of likely N-dealkylation sites (tertiary alicyclic amines) is 1. The molecule has 4 aliphatic rings. The maximum atomic E-state index is 12.8. The van der Waals surface area contributed by atoms with Crippen LogP contribution in [0.5, 0.6) is 0 Å². The molecule has 0 aromatic heterocycles. The minimum atomic E-state index is 0.0694. The molecule has 2 saturated carbocycles. The van der Waals surface area contributed by atoms with Gasteiger partial charge in [-0.15, -0.1) is 0 Å². The third kappa shape index (κ3) is 3.86. The lowest BCUT2D eigenvalue weighted by Crippen LogP contribution is -2.46. The third-order valence-electron chi connectivity index (χ3n) is 8.85. The Morgan fingerprint density at radius 3 is 2.73 bits per heavy atom. The molecule has 30 heavy (non-hydrogen) atoms. The topological polar surface area (TPSA) is 29.5 Å². The number of allylic oxidation sites excluding steroid dienone is 1. The number of rotatable bonds is 4. The van der Waals surface area contributed by atoms with Crippen LogP contribution in [-0.4, -0.2) is 36.6 Å². The molecule has 2 heterocycles. The molecule has 0 N–H and O–H groups in total. The lowest BCUT2D eigenvalue weighted by atomic mass is 9.55. The van der Waals surface area contributed by atoms with E-state index < -0.39 is 0 Å². The monoisotopic (exact) mass is 407 g/mol. The molecule has 0 radical (unpaired) electrons. The molecule has 1 aromatic carbocycles. The average molecular weight is 408 g/mol. The molecule has 4 fully saturated rings. The van der Waals surface area contributed by atoms with E-state index >= 15 is 0 Å². The Kier molecular flexibility index (Phi) is 5.51. The Morgan fingerprint density at radius 2 is 1.97 bits per heavy atom. The Bertz CT molecular complexity index is 781. The Morgan fingerprint density at radius 1 is 1.20 bits per heavy atom. The van der Waals surface area contributed by atoms with Gasteiger partial charge in [-0.2, -0.15) is 0 Å². The fraction of sp³-hybridized carbons (Fsp3) is 0.667. The van der Waals surface area contributed by atoms with E-state index in [0.29, 0.717) is 17.3 Å². The molecule has 2 aliphatic heterocycles. The van der Waals surface area contributed by atoms with Crippen molar-refractivity contribution in [1.82, 2.24) is 4.90 Å². The quantitative estimate of drug-likeness (QED) is 0.504. The van der Waals surface area contributed by atoms with E-state index in [-0.39, 0.29) is 18.0 Å². The largest absolute Gasteiger partial charge is 0.462 e. The number of carbonyl (C=O) groups is 1. The highest BCUT2D eigenvalue weighted by Gasteiger charge is 2.55. The second kappa shape index (κ2) is 8.15. The van der Waals surface area contributed by atoms with Gasteiger partial charge in [0.25, 0.3) is 0 Å². The number of hydrogen-bond acceptors (Lipinski definition) is 3. The summed E-state index contributed by atoms with van der Waals surface area (Å²) in [7, 11) is 0. The summed E-state index contributed by atoms with van der Waals surface area (Å²) >= 11 is 0.